The monoisotopic (exact) mass is 412 g/mol. The minimum Gasteiger partial charge on any atom is -0.405 e. The maximum Gasteiger partial charge on any atom is 0.573 e. The molecule has 0 saturated heterocycles. The van der Waals surface area contributed by atoms with Crippen LogP contribution >= 0.6 is 0 Å². The number of nitrogens with one attached hydrogen (secondary N) is 1. The van der Waals surface area contributed by atoms with Crippen LogP contribution in [0.5, 0.6) is 5.75 Å². The number of rotatable bonds is 3. The topological polar surface area (TPSA) is 70.9 Å². The zero-order valence-corrected chi connectivity index (χ0v) is 15.4. The van der Waals surface area contributed by atoms with Crippen LogP contribution in [0.25, 0.3) is 0 Å². The Morgan fingerprint density at radius 3 is 2.43 bits per heavy atom. The molecule has 0 aromatic heterocycles. The molecule has 0 saturated carbocycles. The number of carbonyl (C=O) groups is 1. The number of fused-ring (bicyclic) bond motifs is 2. The maximum absolute atomic E-state index is 13.0. The lowest BCUT2D eigenvalue weighted by Crippen LogP contribution is -2.19. The number of nitrogens with zero attached hydrogens (tertiary/aromatic N) is 1. The van der Waals surface area contributed by atoms with Crippen molar-refractivity contribution in [2.45, 2.75) is 12.8 Å². The van der Waals surface area contributed by atoms with Gasteiger partial charge in [0.15, 0.2) is 0 Å². The molecule has 0 bridgehead atoms. The summed E-state index contributed by atoms with van der Waals surface area (Å²) in [5.41, 5.74) is 5.13. The smallest absolute Gasteiger partial charge is 0.405 e. The second-order valence-corrected chi connectivity index (χ2v) is 6.61. The number of para-hydroxylation sites is 1. The second kappa shape index (κ2) is 7.64. The van der Waals surface area contributed by atoms with E-state index in [0.717, 1.165) is 5.56 Å². The van der Waals surface area contributed by atoms with Gasteiger partial charge >= 0.3 is 6.36 Å². The highest BCUT2D eigenvalue weighted by atomic mass is 19.4. The molecule has 0 aliphatic carbocycles. The first-order chi connectivity index (χ1) is 14.4. The average Bonchev–Trinajstić information content (AvgIpc) is 2.90. The minimum atomic E-state index is -4.82. The fourth-order valence-corrected chi connectivity index (χ4v) is 3.39. The summed E-state index contributed by atoms with van der Waals surface area (Å²) in [6.45, 7) is 0. The van der Waals surface area contributed by atoms with E-state index in [1.54, 1.807) is 41.9 Å². The molecule has 3 aromatic carbocycles. The standard InChI is InChI=1S/C22H15F3N2O3/c23-22(24,25)30-19-7-3-5-16-17(19)12-15-4-1-2-6-18(15)26-20(16)13-8-10-14(11-9-13)21(28)27-29/h1-11,29H,12H2,(H,27,28). The summed E-state index contributed by atoms with van der Waals surface area (Å²) in [5.74, 6) is -0.948. The molecular formula is C22H15F3N2O3. The molecule has 0 spiro atoms. The van der Waals surface area contributed by atoms with Crippen LogP contribution in [0.1, 0.15) is 32.6 Å². The van der Waals surface area contributed by atoms with Gasteiger partial charge in [-0.2, -0.15) is 0 Å². The Kier molecular flexibility index (Phi) is 5.01. The Morgan fingerprint density at radius 1 is 1.00 bits per heavy atom. The highest BCUT2D eigenvalue weighted by Crippen LogP contribution is 2.36. The van der Waals surface area contributed by atoms with Gasteiger partial charge in [0, 0.05) is 28.7 Å². The van der Waals surface area contributed by atoms with Gasteiger partial charge in [0.05, 0.1) is 11.4 Å². The Balaban J connectivity index is 1.89. The summed E-state index contributed by atoms with van der Waals surface area (Å²) in [4.78, 5) is 16.3. The summed E-state index contributed by atoms with van der Waals surface area (Å²) in [5, 5.41) is 8.78. The normalized spacial score (nSPS) is 12.9. The molecule has 2 N–H and O–H groups in total. The van der Waals surface area contributed by atoms with Gasteiger partial charge in [0.2, 0.25) is 0 Å². The van der Waals surface area contributed by atoms with Crippen molar-refractivity contribution in [1.29, 1.82) is 0 Å². The molecule has 1 aliphatic heterocycles. The Labute approximate surface area is 169 Å². The van der Waals surface area contributed by atoms with Crippen LogP contribution in [0, 0.1) is 0 Å². The summed E-state index contributed by atoms with van der Waals surface area (Å²) in [7, 11) is 0. The number of aliphatic imine (C=N–C) groups is 1. The van der Waals surface area contributed by atoms with Crippen molar-refractivity contribution < 1.29 is 27.9 Å². The van der Waals surface area contributed by atoms with Crippen molar-refractivity contribution in [3.05, 3.63) is 94.5 Å². The van der Waals surface area contributed by atoms with Gasteiger partial charge in [-0.15, -0.1) is 13.2 Å². The second-order valence-electron chi connectivity index (χ2n) is 6.61. The Morgan fingerprint density at radius 2 is 1.73 bits per heavy atom. The van der Waals surface area contributed by atoms with E-state index in [9.17, 15) is 18.0 Å². The number of hydroxylamine groups is 1. The first-order valence-corrected chi connectivity index (χ1v) is 8.95. The third-order valence-corrected chi connectivity index (χ3v) is 4.73. The number of alkyl halides is 3. The van der Waals surface area contributed by atoms with Crippen LogP contribution < -0.4 is 10.2 Å². The van der Waals surface area contributed by atoms with Gasteiger partial charge in [0.25, 0.3) is 5.91 Å². The van der Waals surface area contributed by atoms with Crippen LogP contribution in [0.3, 0.4) is 0 Å². The molecule has 4 rings (SSSR count). The van der Waals surface area contributed by atoms with Gasteiger partial charge in [0.1, 0.15) is 5.75 Å². The molecule has 0 radical (unpaired) electrons. The Bertz CT molecular complexity index is 1140. The molecule has 3 aromatic rings. The average molecular weight is 412 g/mol. The molecule has 5 nitrogen and oxygen atoms in total. The van der Waals surface area contributed by atoms with Gasteiger partial charge in [-0.05, 0) is 29.8 Å². The summed E-state index contributed by atoms with van der Waals surface area (Å²) in [6, 6.07) is 17.9. The molecule has 1 heterocycles. The third kappa shape index (κ3) is 3.90. The molecule has 152 valence electrons. The first-order valence-electron chi connectivity index (χ1n) is 8.95. The van der Waals surface area contributed by atoms with Crippen LogP contribution in [0.15, 0.2) is 71.7 Å². The highest BCUT2D eigenvalue weighted by Gasteiger charge is 2.33. The largest absolute Gasteiger partial charge is 0.573 e. The fraction of sp³-hybridized carbons (Fsp3) is 0.0909. The number of hydrogen-bond acceptors (Lipinski definition) is 4. The zero-order chi connectivity index (χ0) is 21.3. The van der Waals surface area contributed by atoms with E-state index >= 15 is 0 Å². The Hall–Kier alpha value is -3.65. The van der Waals surface area contributed by atoms with Crippen LogP contribution in [-0.4, -0.2) is 23.2 Å². The van der Waals surface area contributed by atoms with E-state index in [0.29, 0.717) is 28.1 Å². The zero-order valence-electron chi connectivity index (χ0n) is 15.4. The summed E-state index contributed by atoms with van der Waals surface area (Å²) in [6.07, 6.45) is -4.60. The van der Waals surface area contributed by atoms with E-state index in [1.165, 1.54) is 24.3 Å². The van der Waals surface area contributed by atoms with Crippen molar-refractivity contribution in [2.75, 3.05) is 0 Å². The van der Waals surface area contributed by atoms with Crippen molar-refractivity contribution in [1.82, 2.24) is 5.48 Å². The predicted molar refractivity (Wildman–Crippen MR) is 103 cm³/mol. The van der Waals surface area contributed by atoms with Gasteiger partial charge in [-0.1, -0.05) is 42.5 Å². The molecule has 8 heteroatoms. The van der Waals surface area contributed by atoms with Crippen LogP contribution in [-0.2, 0) is 6.42 Å². The molecule has 0 fully saturated rings. The number of carbonyl (C=O) groups excluding carboxylic acids is 1. The number of amides is 1. The molecular weight excluding hydrogens is 397 g/mol. The van der Waals surface area contributed by atoms with E-state index in [4.69, 9.17) is 10.2 Å². The van der Waals surface area contributed by atoms with Crippen LogP contribution in [0.2, 0.25) is 0 Å². The molecule has 0 atom stereocenters. The van der Waals surface area contributed by atoms with E-state index in [1.807, 2.05) is 6.07 Å². The molecule has 30 heavy (non-hydrogen) atoms. The lowest BCUT2D eigenvalue weighted by Gasteiger charge is -2.16. The van der Waals surface area contributed by atoms with Gasteiger partial charge in [-0.3, -0.25) is 10.0 Å². The van der Waals surface area contributed by atoms with Crippen molar-refractivity contribution in [3.63, 3.8) is 0 Å². The number of hydrogen-bond donors (Lipinski definition) is 2. The number of benzene rings is 3. The van der Waals surface area contributed by atoms with E-state index < -0.39 is 12.3 Å². The van der Waals surface area contributed by atoms with Crippen molar-refractivity contribution >= 4 is 17.3 Å². The number of ether oxygens (including phenoxy) is 1. The van der Waals surface area contributed by atoms with Gasteiger partial charge < -0.3 is 4.74 Å². The van der Waals surface area contributed by atoms with Crippen LogP contribution in [0.4, 0.5) is 18.9 Å². The quantitative estimate of drug-likeness (QED) is 0.376. The third-order valence-electron chi connectivity index (χ3n) is 4.73. The fourth-order valence-electron chi connectivity index (χ4n) is 3.39. The highest BCUT2D eigenvalue weighted by molar-refractivity contribution is 6.16. The van der Waals surface area contributed by atoms with E-state index in [2.05, 4.69) is 4.74 Å². The lowest BCUT2D eigenvalue weighted by atomic mass is 9.93. The van der Waals surface area contributed by atoms with Crippen molar-refractivity contribution in [2.24, 2.45) is 4.99 Å². The summed E-state index contributed by atoms with van der Waals surface area (Å²) >= 11 is 0. The van der Waals surface area contributed by atoms with Gasteiger partial charge in [-0.25, -0.2) is 10.5 Å². The maximum atomic E-state index is 13.0. The van der Waals surface area contributed by atoms with Crippen molar-refractivity contribution in [3.8, 4) is 5.75 Å². The minimum absolute atomic E-state index is 0.218. The molecule has 1 aliphatic rings. The predicted octanol–water partition coefficient (Wildman–Crippen LogP) is 4.78. The first kappa shape index (κ1) is 19.7. The number of halogens is 3. The van der Waals surface area contributed by atoms with E-state index in [-0.39, 0.29) is 17.7 Å². The molecule has 0 unspecified atom stereocenters. The summed E-state index contributed by atoms with van der Waals surface area (Å²) < 4.78 is 43.2. The SMILES string of the molecule is O=C(NO)c1ccc(C2=Nc3ccccc3Cc3c(OC(F)(F)F)cccc32)cc1. The lowest BCUT2D eigenvalue weighted by molar-refractivity contribution is -0.274. The molecule has 1 amide bonds.